The fraction of sp³-hybridized carbons (Fsp3) is 0.533. The first-order valence-electron chi connectivity index (χ1n) is 7.49. The van der Waals surface area contributed by atoms with Gasteiger partial charge in [0.2, 0.25) is 0 Å². The third-order valence-electron chi connectivity index (χ3n) is 4.65. The molecule has 0 radical (unpaired) electrons. The van der Waals surface area contributed by atoms with Gasteiger partial charge in [-0.05, 0) is 43.8 Å². The lowest BCUT2D eigenvalue weighted by atomic mass is 9.92. The number of nitro benzene ring substituents is 1. The minimum absolute atomic E-state index is 0.0527. The average molecular weight is 307 g/mol. The molecule has 1 amide bonds. The highest BCUT2D eigenvalue weighted by Gasteiger charge is 2.32. The van der Waals surface area contributed by atoms with Crippen molar-refractivity contribution in [1.29, 1.82) is 0 Å². The number of hydrogen-bond donors (Lipinski definition) is 1. The Bertz CT molecular complexity index is 594. The molecular formula is C15H18FN3O3. The highest BCUT2D eigenvalue weighted by Crippen LogP contribution is 2.28. The van der Waals surface area contributed by atoms with Gasteiger partial charge in [0, 0.05) is 24.7 Å². The summed E-state index contributed by atoms with van der Waals surface area (Å²) in [6.07, 6.45) is 1.83. The van der Waals surface area contributed by atoms with Crippen LogP contribution in [0.2, 0.25) is 0 Å². The molecule has 0 aromatic heterocycles. The zero-order chi connectivity index (χ0) is 15.7. The molecule has 1 aromatic carbocycles. The van der Waals surface area contributed by atoms with E-state index in [0.717, 1.165) is 44.1 Å². The topological polar surface area (TPSA) is 75.5 Å². The summed E-state index contributed by atoms with van der Waals surface area (Å²) in [6.45, 7) is 3.20. The smallest absolute Gasteiger partial charge is 0.273 e. The molecule has 2 saturated heterocycles. The van der Waals surface area contributed by atoms with Crippen LogP contribution in [0.15, 0.2) is 18.2 Å². The van der Waals surface area contributed by atoms with E-state index in [4.69, 9.17) is 0 Å². The first-order valence-corrected chi connectivity index (χ1v) is 7.49. The monoisotopic (exact) mass is 307 g/mol. The van der Waals surface area contributed by atoms with Crippen LogP contribution in [0.1, 0.15) is 23.2 Å². The molecule has 1 aromatic rings. The molecule has 3 rings (SSSR count). The van der Waals surface area contributed by atoms with Crippen molar-refractivity contribution in [2.24, 2.45) is 11.8 Å². The normalized spacial score (nSPS) is 24.7. The maximum Gasteiger partial charge on any atom is 0.273 e. The second kappa shape index (κ2) is 6.00. The second-order valence-corrected chi connectivity index (χ2v) is 6.00. The van der Waals surface area contributed by atoms with Gasteiger partial charge in [0.05, 0.1) is 11.0 Å². The first kappa shape index (κ1) is 14.9. The molecule has 118 valence electrons. The molecule has 2 aliphatic heterocycles. The van der Waals surface area contributed by atoms with Crippen LogP contribution in [0.4, 0.5) is 10.1 Å². The predicted molar refractivity (Wildman–Crippen MR) is 78.0 cm³/mol. The Morgan fingerprint density at radius 3 is 2.45 bits per heavy atom. The van der Waals surface area contributed by atoms with Crippen molar-refractivity contribution >= 4 is 11.6 Å². The van der Waals surface area contributed by atoms with Crippen molar-refractivity contribution in [2.75, 3.05) is 26.2 Å². The Labute approximate surface area is 127 Å². The fourth-order valence-corrected chi connectivity index (χ4v) is 3.41. The third kappa shape index (κ3) is 2.94. The Hall–Kier alpha value is -2.02. The van der Waals surface area contributed by atoms with Gasteiger partial charge < -0.3 is 10.2 Å². The lowest BCUT2D eigenvalue weighted by molar-refractivity contribution is -0.385. The number of rotatable bonds is 2. The predicted octanol–water partition coefficient (Wildman–Crippen LogP) is 1.81. The van der Waals surface area contributed by atoms with Gasteiger partial charge >= 0.3 is 0 Å². The average Bonchev–Trinajstić information content (AvgIpc) is 2.84. The molecule has 0 aliphatic carbocycles. The van der Waals surface area contributed by atoms with Crippen LogP contribution in [0.25, 0.3) is 0 Å². The molecule has 2 fully saturated rings. The van der Waals surface area contributed by atoms with Crippen molar-refractivity contribution in [3.63, 3.8) is 0 Å². The van der Waals surface area contributed by atoms with E-state index in [0.29, 0.717) is 24.9 Å². The van der Waals surface area contributed by atoms with Crippen LogP contribution in [0.5, 0.6) is 0 Å². The zero-order valence-electron chi connectivity index (χ0n) is 12.1. The summed E-state index contributed by atoms with van der Waals surface area (Å²) in [5.41, 5.74) is -0.337. The van der Waals surface area contributed by atoms with E-state index in [2.05, 4.69) is 5.32 Å². The van der Waals surface area contributed by atoms with E-state index in [-0.39, 0.29) is 17.2 Å². The fourth-order valence-electron chi connectivity index (χ4n) is 3.41. The largest absolute Gasteiger partial charge is 0.339 e. The van der Waals surface area contributed by atoms with Crippen LogP contribution >= 0.6 is 0 Å². The first-order chi connectivity index (χ1) is 10.5. The number of likely N-dealkylation sites (tertiary alicyclic amines) is 1. The minimum atomic E-state index is -0.756. The van der Waals surface area contributed by atoms with E-state index >= 15 is 0 Å². The lowest BCUT2D eigenvalue weighted by Gasteiger charge is -2.21. The van der Waals surface area contributed by atoms with Crippen LogP contribution in [0.3, 0.4) is 0 Å². The van der Waals surface area contributed by atoms with Gasteiger partial charge in [0.15, 0.2) is 0 Å². The van der Waals surface area contributed by atoms with E-state index in [1.807, 2.05) is 0 Å². The van der Waals surface area contributed by atoms with Gasteiger partial charge in [-0.15, -0.1) is 0 Å². The zero-order valence-corrected chi connectivity index (χ0v) is 12.1. The van der Waals surface area contributed by atoms with Crippen molar-refractivity contribution < 1.29 is 14.1 Å². The number of carbonyl (C=O) groups is 1. The van der Waals surface area contributed by atoms with Crippen molar-refractivity contribution in [3.05, 3.63) is 39.7 Å². The molecular weight excluding hydrogens is 289 g/mol. The minimum Gasteiger partial charge on any atom is -0.339 e. The molecule has 0 spiro atoms. The maximum atomic E-state index is 13.5. The summed E-state index contributed by atoms with van der Waals surface area (Å²) in [6, 6.07) is 3.05. The number of nitrogens with zero attached hydrogens (tertiary/aromatic N) is 2. The van der Waals surface area contributed by atoms with E-state index < -0.39 is 10.7 Å². The Morgan fingerprint density at radius 1 is 1.23 bits per heavy atom. The molecule has 2 atom stereocenters. The van der Waals surface area contributed by atoms with Gasteiger partial charge in [-0.25, -0.2) is 4.39 Å². The van der Waals surface area contributed by atoms with Crippen LogP contribution in [-0.4, -0.2) is 41.9 Å². The van der Waals surface area contributed by atoms with Crippen LogP contribution in [-0.2, 0) is 0 Å². The van der Waals surface area contributed by atoms with E-state index in [1.54, 1.807) is 4.90 Å². The number of hydrogen-bond acceptors (Lipinski definition) is 4. The van der Waals surface area contributed by atoms with Crippen molar-refractivity contribution in [2.45, 2.75) is 12.8 Å². The van der Waals surface area contributed by atoms with Crippen molar-refractivity contribution in [3.8, 4) is 0 Å². The van der Waals surface area contributed by atoms with E-state index in [9.17, 15) is 19.3 Å². The maximum absolute atomic E-state index is 13.5. The number of carbonyl (C=O) groups excluding carboxylic acids is 1. The molecule has 2 aliphatic rings. The molecule has 1 N–H and O–H groups in total. The van der Waals surface area contributed by atoms with Gasteiger partial charge in [-0.2, -0.15) is 0 Å². The number of fused-ring (bicyclic) bond motifs is 1. The SMILES string of the molecule is O=C(c1cc(F)cc([N+](=O)[O-])c1)N1CC[C@@H]2CNC[C@@H]2CC1. The molecule has 7 heteroatoms. The Morgan fingerprint density at radius 2 is 1.86 bits per heavy atom. The molecule has 0 unspecified atom stereocenters. The number of amides is 1. The summed E-state index contributed by atoms with van der Waals surface area (Å²) in [7, 11) is 0. The van der Waals surface area contributed by atoms with Crippen LogP contribution in [0, 0.1) is 27.8 Å². The van der Waals surface area contributed by atoms with E-state index in [1.165, 1.54) is 0 Å². The summed E-state index contributed by atoms with van der Waals surface area (Å²) >= 11 is 0. The van der Waals surface area contributed by atoms with Gasteiger partial charge in [0.25, 0.3) is 11.6 Å². The van der Waals surface area contributed by atoms with Gasteiger partial charge in [-0.3, -0.25) is 14.9 Å². The summed E-state index contributed by atoms with van der Waals surface area (Å²) < 4.78 is 13.5. The number of nitro groups is 1. The highest BCUT2D eigenvalue weighted by molar-refractivity contribution is 5.94. The summed E-state index contributed by atoms with van der Waals surface area (Å²) in [5.74, 6) is 0.0864. The molecule has 22 heavy (non-hydrogen) atoms. The van der Waals surface area contributed by atoms with Gasteiger partial charge in [-0.1, -0.05) is 0 Å². The van der Waals surface area contributed by atoms with Gasteiger partial charge in [0.1, 0.15) is 5.82 Å². The standard InChI is InChI=1S/C15H18FN3O3/c16-13-5-12(6-14(7-13)19(21)22)15(20)18-3-1-10-8-17-9-11(10)2-4-18/h5-7,10-11,17H,1-4,8-9H2/t10-,11+. The molecule has 0 saturated carbocycles. The number of benzene rings is 1. The lowest BCUT2D eigenvalue weighted by Crippen LogP contribution is -2.32. The molecule has 6 nitrogen and oxygen atoms in total. The Balaban J connectivity index is 1.77. The molecule has 2 heterocycles. The van der Waals surface area contributed by atoms with Crippen LogP contribution < -0.4 is 5.32 Å². The summed E-state index contributed by atoms with van der Waals surface area (Å²) in [4.78, 5) is 24.3. The number of non-ortho nitro benzene ring substituents is 1. The third-order valence-corrected chi connectivity index (χ3v) is 4.65. The Kier molecular flexibility index (Phi) is 4.06. The number of halogens is 1. The molecule has 0 bridgehead atoms. The second-order valence-electron chi connectivity index (χ2n) is 6.00. The van der Waals surface area contributed by atoms with Crippen molar-refractivity contribution in [1.82, 2.24) is 10.2 Å². The highest BCUT2D eigenvalue weighted by atomic mass is 19.1. The number of nitrogens with one attached hydrogen (secondary N) is 1. The quantitative estimate of drug-likeness (QED) is 0.668. The summed E-state index contributed by atoms with van der Waals surface area (Å²) in [5, 5.41) is 14.2.